The maximum atomic E-state index is 12.8. The van der Waals surface area contributed by atoms with E-state index in [1.54, 1.807) is 30.3 Å². The van der Waals surface area contributed by atoms with Crippen LogP contribution in [0, 0.1) is 0 Å². The zero-order valence-electron chi connectivity index (χ0n) is 15.8. The largest absolute Gasteiger partial charge is 0.370 e. The zero-order valence-corrected chi connectivity index (χ0v) is 15.8. The summed E-state index contributed by atoms with van der Waals surface area (Å²) in [6.07, 6.45) is 0.0985. The number of hydrogen-bond acceptors (Lipinski definition) is 4. The number of rotatable bonds is 10. The maximum Gasteiger partial charge on any atom is 0.251 e. The van der Waals surface area contributed by atoms with Crippen LogP contribution in [0.15, 0.2) is 60.7 Å². The second kappa shape index (κ2) is 10.6. The number of benzene rings is 2. The monoisotopic (exact) mass is 396 g/mol. The number of hydrogen-bond donors (Lipinski definition) is 4. The van der Waals surface area contributed by atoms with E-state index in [-0.39, 0.29) is 19.3 Å². The Morgan fingerprint density at radius 1 is 0.793 bits per heavy atom. The first-order valence-electron chi connectivity index (χ1n) is 9.14. The lowest BCUT2D eigenvalue weighted by molar-refractivity contribution is -0.129. The number of primary amides is 2. The summed E-state index contributed by atoms with van der Waals surface area (Å²) in [4.78, 5) is 48.0. The molecule has 0 unspecified atom stereocenters. The van der Waals surface area contributed by atoms with Gasteiger partial charge in [-0.15, -0.1) is 0 Å². The lowest BCUT2D eigenvalue weighted by atomic mass is 10.0. The van der Waals surface area contributed by atoms with E-state index in [4.69, 9.17) is 11.5 Å². The molecule has 2 atom stereocenters. The minimum Gasteiger partial charge on any atom is -0.370 e. The molecule has 0 aliphatic rings. The van der Waals surface area contributed by atoms with Crippen molar-refractivity contribution in [2.45, 2.75) is 31.3 Å². The Kier molecular flexibility index (Phi) is 7.90. The van der Waals surface area contributed by atoms with E-state index in [0.29, 0.717) is 5.56 Å². The Labute approximate surface area is 168 Å². The molecule has 0 spiro atoms. The standard InChI is InChI=1S/C21H24N4O4/c22-18(26)12-11-16(19(23)27)24-21(29)17(13-14-7-3-1-4-8-14)25-20(28)15-9-5-2-6-10-15/h1-10,16-17H,11-13H2,(H2,22,26)(H2,23,27)(H,24,29)(H,25,28)/t16-,17-/m0/s1. The Bertz CT molecular complexity index is 855. The third-order valence-corrected chi connectivity index (χ3v) is 4.28. The van der Waals surface area contributed by atoms with Crippen LogP contribution in [0.25, 0.3) is 0 Å². The van der Waals surface area contributed by atoms with Gasteiger partial charge in [0.05, 0.1) is 0 Å². The van der Waals surface area contributed by atoms with E-state index in [2.05, 4.69) is 10.6 Å². The van der Waals surface area contributed by atoms with Crippen LogP contribution in [-0.4, -0.2) is 35.7 Å². The molecular formula is C21H24N4O4. The highest BCUT2D eigenvalue weighted by Crippen LogP contribution is 2.07. The summed E-state index contributed by atoms with van der Waals surface area (Å²) in [6.45, 7) is 0. The summed E-state index contributed by atoms with van der Waals surface area (Å²) in [5.41, 5.74) is 11.7. The van der Waals surface area contributed by atoms with Crippen LogP contribution >= 0.6 is 0 Å². The predicted octanol–water partition coefficient (Wildman–Crippen LogP) is 0.263. The summed E-state index contributed by atoms with van der Waals surface area (Å²) in [5, 5.41) is 5.21. The van der Waals surface area contributed by atoms with E-state index < -0.39 is 35.7 Å². The number of nitrogens with one attached hydrogen (secondary N) is 2. The second-order valence-electron chi connectivity index (χ2n) is 6.55. The van der Waals surface area contributed by atoms with E-state index in [1.165, 1.54) is 0 Å². The van der Waals surface area contributed by atoms with Gasteiger partial charge in [-0.25, -0.2) is 0 Å². The van der Waals surface area contributed by atoms with Gasteiger partial charge in [0, 0.05) is 18.4 Å². The van der Waals surface area contributed by atoms with Crippen LogP contribution in [0.4, 0.5) is 0 Å². The van der Waals surface area contributed by atoms with Crippen LogP contribution in [0.1, 0.15) is 28.8 Å². The van der Waals surface area contributed by atoms with Crippen molar-refractivity contribution >= 4 is 23.6 Å². The Morgan fingerprint density at radius 3 is 1.93 bits per heavy atom. The highest BCUT2D eigenvalue weighted by Gasteiger charge is 2.26. The molecule has 2 rings (SSSR count). The van der Waals surface area contributed by atoms with E-state index in [0.717, 1.165) is 5.56 Å². The minimum atomic E-state index is -1.07. The molecule has 0 fully saturated rings. The van der Waals surface area contributed by atoms with Crippen LogP contribution in [-0.2, 0) is 20.8 Å². The quantitative estimate of drug-likeness (QED) is 0.456. The van der Waals surface area contributed by atoms with Crippen molar-refractivity contribution < 1.29 is 19.2 Å². The molecular weight excluding hydrogens is 372 g/mol. The molecule has 0 heterocycles. The van der Waals surface area contributed by atoms with E-state index in [1.807, 2.05) is 30.3 Å². The number of amides is 4. The van der Waals surface area contributed by atoms with Crippen molar-refractivity contribution in [3.63, 3.8) is 0 Å². The summed E-state index contributed by atoms with van der Waals surface area (Å²) in [6, 6.07) is 15.6. The second-order valence-corrected chi connectivity index (χ2v) is 6.55. The topological polar surface area (TPSA) is 144 Å². The van der Waals surface area contributed by atoms with Crippen LogP contribution < -0.4 is 22.1 Å². The summed E-state index contributed by atoms with van der Waals surface area (Å²) >= 11 is 0. The van der Waals surface area contributed by atoms with Gasteiger partial charge in [-0.05, 0) is 24.1 Å². The zero-order chi connectivity index (χ0) is 21.2. The van der Waals surface area contributed by atoms with Crippen LogP contribution in [0.5, 0.6) is 0 Å². The minimum absolute atomic E-state index is 0.0128. The average Bonchev–Trinajstić information content (AvgIpc) is 2.71. The van der Waals surface area contributed by atoms with Gasteiger partial charge in [-0.1, -0.05) is 48.5 Å². The molecule has 29 heavy (non-hydrogen) atoms. The van der Waals surface area contributed by atoms with Crippen molar-refractivity contribution in [3.05, 3.63) is 71.8 Å². The Morgan fingerprint density at radius 2 is 1.38 bits per heavy atom. The SMILES string of the molecule is NC(=O)CC[C@H](NC(=O)[C@H](Cc1ccccc1)NC(=O)c1ccccc1)C(N)=O. The molecule has 0 saturated carbocycles. The van der Waals surface area contributed by atoms with E-state index in [9.17, 15) is 19.2 Å². The van der Waals surface area contributed by atoms with Gasteiger partial charge < -0.3 is 22.1 Å². The molecule has 0 saturated heterocycles. The fraction of sp³-hybridized carbons (Fsp3) is 0.238. The lowest BCUT2D eigenvalue weighted by Gasteiger charge is -2.22. The summed E-state index contributed by atoms with van der Waals surface area (Å²) < 4.78 is 0. The van der Waals surface area contributed by atoms with Gasteiger partial charge in [-0.2, -0.15) is 0 Å². The first kappa shape index (κ1) is 21.6. The van der Waals surface area contributed by atoms with Crippen molar-refractivity contribution in [1.82, 2.24) is 10.6 Å². The molecule has 0 aliphatic heterocycles. The molecule has 0 aliphatic carbocycles. The summed E-state index contributed by atoms with van der Waals surface area (Å²) in [7, 11) is 0. The fourth-order valence-corrected chi connectivity index (χ4v) is 2.73. The van der Waals surface area contributed by atoms with Crippen molar-refractivity contribution in [1.29, 1.82) is 0 Å². The van der Waals surface area contributed by atoms with Crippen molar-refractivity contribution in [2.24, 2.45) is 11.5 Å². The van der Waals surface area contributed by atoms with Crippen molar-refractivity contribution in [3.8, 4) is 0 Å². The molecule has 0 bridgehead atoms. The Balaban J connectivity index is 2.16. The number of carbonyl (C=O) groups is 4. The normalized spacial score (nSPS) is 12.4. The lowest BCUT2D eigenvalue weighted by Crippen LogP contribution is -2.53. The predicted molar refractivity (Wildman–Crippen MR) is 107 cm³/mol. The highest BCUT2D eigenvalue weighted by atomic mass is 16.2. The molecule has 6 N–H and O–H groups in total. The molecule has 2 aromatic carbocycles. The van der Waals surface area contributed by atoms with Crippen LogP contribution in [0.2, 0.25) is 0 Å². The van der Waals surface area contributed by atoms with Gasteiger partial charge in [0.1, 0.15) is 12.1 Å². The maximum absolute atomic E-state index is 12.8. The third-order valence-electron chi connectivity index (χ3n) is 4.28. The molecule has 8 nitrogen and oxygen atoms in total. The van der Waals surface area contributed by atoms with Crippen LogP contribution in [0.3, 0.4) is 0 Å². The smallest absolute Gasteiger partial charge is 0.251 e. The summed E-state index contributed by atoms with van der Waals surface area (Å²) in [5.74, 6) is -2.39. The van der Waals surface area contributed by atoms with Gasteiger partial charge >= 0.3 is 0 Å². The molecule has 152 valence electrons. The molecule has 0 aromatic heterocycles. The molecule has 2 aromatic rings. The molecule has 0 radical (unpaired) electrons. The molecule has 4 amide bonds. The van der Waals surface area contributed by atoms with Crippen molar-refractivity contribution in [2.75, 3.05) is 0 Å². The average molecular weight is 396 g/mol. The van der Waals surface area contributed by atoms with Gasteiger partial charge in [0.2, 0.25) is 17.7 Å². The molecule has 8 heteroatoms. The van der Waals surface area contributed by atoms with Gasteiger partial charge in [-0.3, -0.25) is 19.2 Å². The van der Waals surface area contributed by atoms with Gasteiger partial charge in [0.15, 0.2) is 0 Å². The first-order valence-corrected chi connectivity index (χ1v) is 9.14. The number of nitrogens with two attached hydrogens (primary N) is 2. The van der Waals surface area contributed by atoms with Gasteiger partial charge in [0.25, 0.3) is 5.91 Å². The number of carbonyl (C=O) groups excluding carboxylic acids is 4. The Hall–Kier alpha value is -3.68. The highest BCUT2D eigenvalue weighted by molar-refractivity contribution is 5.98. The van der Waals surface area contributed by atoms with E-state index >= 15 is 0 Å². The fourth-order valence-electron chi connectivity index (χ4n) is 2.73. The third kappa shape index (κ3) is 7.10. The first-order chi connectivity index (χ1) is 13.9.